The Morgan fingerprint density at radius 3 is 2.59 bits per heavy atom. The molecule has 2 aromatic rings. The van der Waals surface area contributed by atoms with E-state index in [1.54, 1.807) is 24.3 Å². The fourth-order valence-electron chi connectivity index (χ4n) is 1.72. The van der Waals surface area contributed by atoms with Gasteiger partial charge in [0.25, 0.3) is 5.91 Å². The molecular weight excluding hydrogens is 286 g/mol. The summed E-state index contributed by atoms with van der Waals surface area (Å²) in [5.74, 6) is -0.694. The summed E-state index contributed by atoms with van der Waals surface area (Å²) in [4.78, 5) is 29.1. The van der Waals surface area contributed by atoms with Crippen molar-refractivity contribution < 1.29 is 19.4 Å². The number of carboxylic acids is 1. The zero-order valence-corrected chi connectivity index (χ0v) is 12.3. The van der Waals surface area contributed by atoms with E-state index in [1.165, 1.54) is 6.33 Å². The Morgan fingerprint density at radius 1 is 1.32 bits per heavy atom. The molecule has 22 heavy (non-hydrogen) atoms. The van der Waals surface area contributed by atoms with Crippen molar-refractivity contribution in [2.75, 3.05) is 11.9 Å². The summed E-state index contributed by atoms with van der Waals surface area (Å²) in [5.41, 5.74) is 0.128. The van der Waals surface area contributed by atoms with E-state index in [9.17, 15) is 9.59 Å². The number of nitrogens with zero attached hydrogens (tertiary/aromatic N) is 1. The number of aromatic amines is 1. The predicted molar refractivity (Wildman–Crippen MR) is 80.3 cm³/mol. The molecular formula is C15H17N3O4. The first-order valence-electron chi connectivity index (χ1n) is 6.78. The zero-order valence-electron chi connectivity index (χ0n) is 12.3. The van der Waals surface area contributed by atoms with E-state index in [-0.39, 0.29) is 11.4 Å². The van der Waals surface area contributed by atoms with Crippen molar-refractivity contribution in [1.29, 1.82) is 0 Å². The van der Waals surface area contributed by atoms with Gasteiger partial charge in [-0.3, -0.25) is 4.79 Å². The number of aromatic carboxylic acids is 1. The van der Waals surface area contributed by atoms with Crippen LogP contribution in [0.2, 0.25) is 0 Å². The number of H-pyrrole nitrogens is 1. The monoisotopic (exact) mass is 303 g/mol. The number of amides is 1. The third-order valence-corrected chi connectivity index (χ3v) is 2.76. The average Bonchev–Trinajstić information content (AvgIpc) is 2.96. The van der Waals surface area contributed by atoms with Crippen molar-refractivity contribution in [2.24, 2.45) is 5.92 Å². The fourth-order valence-corrected chi connectivity index (χ4v) is 1.72. The summed E-state index contributed by atoms with van der Waals surface area (Å²) in [6.45, 7) is 4.72. The van der Waals surface area contributed by atoms with Gasteiger partial charge in [0.15, 0.2) is 11.4 Å². The van der Waals surface area contributed by atoms with Crippen LogP contribution < -0.4 is 10.1 Å². The van der Waals surface area contributed by atoms with Gasteiger partial charge in [0, 0.05) is 5.69 Å². The maximum Gasteiger partial charge on any atom is 0.354 e. The molecule has 0 saturated carbocycles. The van der Waals surface area contributed by atoms with E-state index in [0.29, 0.717) is 24.0 Å². The minimum atomic E-state index is -1.24. The van der Waals surface area contributed by atoms with Crippen molar-refractivity contribution in [3.05, 3.63) is 42.0 Å². The number of carbonyl (C=O) groups excluding carboxylic acids is 1. The van der Waals surface area contributed by atoms with Gasteiger partial charge in [0.05, 0.1) is 12.9 Å². The molecule has 7 heteroatoms. The lowest BCUT2D eigenvalue weighted by Gasteiger charge is -2.09. The van der Waals surface area contributed by atoms with Crippen molar-refractivity contribution in [3.8, 4) is 5.75 Å². The second-order valence-electron chi connectivity index (χ2n) is 5.11. The van der Waals surface area contributed by atoms with Gasteiger partial charge in [-0.1, -0.05) is 13.8 Å². The highest BCUT2D eigenvalue weighted by molar-refractivity contribution is 6.08. The highest BCUT2D eigenvalue weighted by atomic mass is 16.5. The van der Waals surface area contributed by atoms with Crippen LogP contribution in [-0.2, 0) is 0 Å². The summed E-state index contributed by atoms with van der Waals surface area (Å²) in [6, 6.07) is 6.84. The molecule has 1 amide bonds. The normalized spacial score (nSPS) is 10.5. The van der Waals surface area contributed by atoms with Crippen LogP contribution in [0.25, 0.3) is 0 Å². The molecule has 2 rings (SSSR count). The van der Waals surface area contributed by atoms with Crippen LogP contribution in [-0.4, -0.2) is 33.6 Å². The van der Waals surface area contributed by atoms with Crippen LogP contribution in [0.1, 0.15) is 34.8 Å². The van der Waals surface area contributed by atoms with Gasteiger partial charge in [-0.05, 0) is 30.2 Å². The number of anilines is 1. The Balaban J connectivity index is 2.02. The van der Waals surface area contributed by atoms with Crippen molar-refractivity contribution >= 4 is 17.6 Å². The second kappa shape index (κ2) is 6.75. The molecule has 1 aromatic heterocycles. The highest BCUT2D eigenvalue weighted by Gasteiger charge is 2.19. The van der Waals surface area contributed by atoms with Gasteiger partial charge >= 0.3 is 5.97 Å². The molecule has 0 unspecified atom stereocenters. The lowest BCUT2D eigenvalue weighted by Crippen LogP contribution is -2.16. The maximum absolute atomic E-state index is 12.0. The Kier molecular flexibility index (Phi) is 4.77. The molecule has 0 spiro atoms. The quantitative estimate of drug-likeness (QED) is 0.760. The number of hydrogen-bond donors (Lipinski definition) is 3. The predicted octanol–water partition coefficient (Wildman–Crippen LogP) is 2.39. The topological polar surface area (TPSA) is 104 Å². The number of ether oxygens (including phenoxy) is 1. The molecule has 0 atom stereocenters. The maximum atomic E-state index is 12.0. The highest BCUT2D eigenvalue weighted by Crippen LogP contribution is 2.17. The third-order valence-electron chi connectivity index (χ3n) is 2.76. The Labute approximate surface area is 127 Å². The first kappa shape index (κ1) is 15.6. The first-order valence-corrected chi connectivity index (χ1v) is 6.78. The standard InChI is InChI=1S/C15H17N3O4/c1-9(2)7-22-11-5-3-10(4-6-11)18-14(19)12-13(15(20)21)17-8-16-12/h3-6,8-9H,7H2,1-2H3,(H,16,17)(H,18,19)(H,20,21). The SMILES string of the molecule is CC(C)COc1ccc(NC(=O)c2nc[nH]c2C(=O)O)cc1. The fraction of sp³-hybridized carbons (Fsp3) is 0.267. The van der Waals surface area contributed by atoms with Gasteiger partial charge in [-0.2, -0.15) is 0 Å². The molecule has 0 aliphatic rings. The van der Waals surface area contributed by atoms with Crippen LogP contribution in [0.4, 0.5) is 5.69 Å². The summed E-state index contributed by atoms with van der Waals surface area (Å²) >= 11 is 0. The molecule has 1 aromatic carbocycles. The van der Waals surface area contributed by atoms with Crippen molar-refractivity contribution in [1.82, 2.24) is 9.97 Å². The van der Waals surface area contributed by atoms with Crippen LogP contribution in [0.5, 0.6) is 5.75 Å². The van der Waals surface area contributed by atoms with E-state index < -0.39 is 11.9 Å². The first-order chi connectivity index (χ1) is 10.5. The number of rotatable bonds is 6. The minimum Gasteiger partial charge on any atom is -0.493 e. The van der Waals surface area contributed by atoms with E-state index in [2.05, 4.69) is 29.1 Å². The summed E-state index contributed by atoms with van der Waals surface area (Å²) < 4.78 is 5.54. The van der Waals surface area contributed by atoms with E-state index in [0.717, 1.165) is 0 Å². The number of benzene rings is 1. The van der Waals surface area contributed by atoms with E-state index in [1.807, 2.05) is 0 Å². The molecule has 0 radical (unpaired) electrons. The molecule has 0 aliphatic heterocycles. The van der Waals surface area contributed by atoms with Gasteiger partial charge in [-0.25, -0.2) is 9.78 Å². The van der Waals surface area contributed by atoms with Crippen molar-refractivity contribution in [3.63, 3.8) is 0 Å². The Hall–Kier alpha value is -2.83. The molecule has 0 bridgehead atoms. The lowest BCUT2D eigenvalue weighted by atomic mass is 10.2. The van der Waals surface area contributed by atoms with Crippen molar-refractivity contribution in [2.45, 2.75) is 13.8 Å². The van der Waals surface area contributed by atoms with Crippen LogP contribution in [0.3, 0.4) is 0 Å². The van der Waals surface area contributed by atoms with E-state index in [4.69, 9.17) is 9.84 Å². The summed E-state index contributed by atoms with van der Waals surface area (Å²) in [5, 5.41) is 11.5. The number of imidazole rings is 1. The third kappa shape index (κ3) is 3.85. The molecule has 3 N–H and O–H groups in total. The minimum absolute atomic E-state index is 0.160. The van der Waals surface area contributed by atoms with E-state index >= 15 is 0 Å². The number of hydrogen-bond acceptors (Lipinski definition) is 4. The Morgan fingerprint density at radius 2 is 2.00 bits per heavy atom. The van der Waals surface area contributed by atoms with Gasteiger partial charge in [-0.15, -0.1) is 0 Å². The molecule has 0 saturated heterocycles. The van der Waals surface area contributed by atoms with Gasteiger partial charge in [0.2, 0.25) is 0 Å². The molecule has 0 fully saturated rings. The smallest absolute Gasteiger partial charge is 0.354 e. The average molecular weight is 303 g/mol. The lowest BCUT2D eigenvalue weighted by molar-refractivity contribution is 0.0686. The largest absolute Gasteiger partial charge is 0.493 e. The Bertz CT molecular complexity index is 662. The molecule has 7 nitrogen and oxygen atoms in total. The van der Waals surface area contributed by atoms with Crippen LogP contribution >= 0.6 is 0 Å². The number of aromatic nitrogens is 2. The summed E-state index contributed by atoms with van der Waals surface area (Å²) in [7, 11) is 0. The van der Waals surface area contributed by atoms with Crippen LogP contribution in [0, 0.1) is 5.92 Å². The zero-order chi connectivity index (χ0) is 16.1. The molecule has 116 valence electrons. The number of nitrogens with one attached hydrogen (secondary N) is 2. The second-order valence-corrected chi connectivity index (χ2v) is 5.11. The molecule has 1 heterocycles. The van der Waals surface area contributed by atoms with Gasteiger partial charge < -0.3 is 20.1 Å². The number of carbonyl (C=O) groups is 2. The van der Waals surface area contributed by atoms with Gasteiger partial charge in [0.1, 0.15) is 5.75 Å². The molecule has 0 aliphatic carbocycles. The van der Waals surface area contributed by atoms with Crippen LogP contribution in [0.15, 0.2) is 30.6 Å². The summed E-state index contributed by atoms with van der Waals surface area (Å²) in [6.07, 6.45) is 1.17. The number of carboxylic acid groups (broad SMARTS) is 1.